The molecule has 150 valence electrons. The number of ether oxygens (including phenoxy) is 1. The summed E-state index contributed by atoms with van der Waals surface area (Å²) in [7, 11) is 0. The first kappa shape index (κ1) is 19.1. The number of anilines is 1. The van der Waals surface area contributed by atoms with Crippen LogP contribution in [0.5, 0.6) is 5.75 Å². The molecular formula is C22H23FN4O2. The van der Waals surface area contributed by atoms with Gasteiger partial charge in [-0.2, -0.15) is 9.49 Å². The number of nitrogens with zero attached hydrogens (tertiary/aromatic N) is 3. The number of halogens is 1. The number of carbonyl (C=O) groups excluding carboxylic acids is 1. The molecule has 1 amide bonds. The van der Waals surface area contributed by atoms with Gasteiger partial charge < -0.3 is 10.1 Å². The molecule has 1 N–H and O–H groups in total. The number of carbonyl (C=O) groups is 1. The van der Waals surface area contributed by atoms with Crippen molar-refractivity contribution in [3.63, 3.8) is 0 Å². The maximum atomic E-state index is 13.0. The molecule has 1 aromatic carbocycles. The van der Waals surface area contributed by atoms with Crippen LogP contribution in [0, 0.1) is 18.8 Å². The van der Waals surface area contributed by atoms with Crippen molar-refractivity contribution in [2.45, 2.75) is 32.2 Å². The van der Waals surface area contributed by atoms with Crippen LogP contribution < -0.4 is 10.1 Å². The summed E-state index contributed by atoms with van der Waals surface area (Å²) >= 11 is 0. The molecule has 4 rings (SSSR count). The molecule has 1 aliphatic carbocycles. The van der Waals surface area contributed by atoms with Gasteiger partial charge in [-0.3, -0.25) is 9.48 Å². The Morgan fingerprint density at radius 1 is 1.31 bits per heavy atom. The van der Waals surface area contributed by atoms with Crippen LogP contribution >= 0.6 is 0 Å². The lowest BCUT2D eigenvalue weighted by atomic mass is 9.93. The van der Waals surface area contributed by atoms with Crippen LogP contribution in [0.3, 0.4) is 0 Å². The lowest BCUT2D eigenvalue weighted by molar-refractivity contribution is -0.117. The number of aromatic nitrogens is 3. The average Bonchev–Trinajstić information content (AvgIpc) is 3.38. The Morgan fingerprint density at radius 3 is 2.76 bits per heavy atom. The Hall–Kier alpha value is -3.22. The normalized spacial score (nSPS) is 20.3. The second-order valence-electron chi connectivity index (χ2n) is 7.36. The molecule has 3 aromatic rings. The highest BCUT2D eigenvalue weighted by Crippen LogP contribution is 2.55. The smallest absolute Gasteiger partial charge is 0.228 e. The number of benzene rings is 1. The Labute approximate surface area is 168 Å². The summed E-state index contributed by atoms with van der Waals surface area (Å²) in [4.78, 5) is 16.5. The van der Waals surface area contributed by atoms with Crippen LogP contribution in [-0.2, 0) is 16.8 Å². The second kappa shape index (κ2) is 7.66. The fourth-order valence-electron chi connectivity index (χ4n) is 3.67. The maximum absolute atomic E-state index is 13.0. The zero-order valence-corrected chi connectivity index (χ0v) is 16.4. The van der Waals surface area contributed by atoms with Gasteiger partial charge in [-0.25, -0.2) is 4.98 Å². The van der Waals surface area contributed by atoms with Crippen molar-refractivity contribution in [2.24, 2.45) is 5.92 Å². The van der Waals surface area contributed by atoms with E-state index in [2.05, 4.69) is 15.4 Å². The van der Waals surface area contributed by atoms with E-state index in [0.717, 1.165) is 23.6 Å². The summed E-state index contributed by atoms with van der Waals surface area (Å²) in [5.41, 5.74) is 1.97. The average molecular weight is 394 g/mol. The Morgan fingerprint density at radius 2 is 2.10 bits per heavy atom. The van der Waals surface area contributed by atoms with Crippen LogP contribution in [0.15, 0.2) is 54.9 Å². The predicted octanol–water partition coefficient (Wildman–Crippen LogP) is 3.72. The summed E-state index contributed by atoms with van der Waals surface area (Å²) < 4.78 is 21.0. The Balaban J connectivity index is 1.52. The Bertz CT molecular complexity index is 1000. The van der Waals surface area contributed by atoms with E-state index in [1.165, 1.54) is 18.3 Å². The number of nitrogens with one attached hydrogen (secondary N) is 1. The summed E-state index contributed by atoms with van der Waals surface area (Å²) in [6.45, 7) is 5.08. The van der Waals surface area contributed by atoms with Gasteiger partial charge in [0, 0.05) is 12.0 Å². The predicted molar refractivity (Wildman–Crippen MR) is 107 cm³/mol. The van der Waals surface area contributed by atoms with Crippen molar-refractivity contribution in [2.75, 3.05) is 11.9 Å². The zero-order valence-electron chi connectivity index (χ0n) is 16.4. The molecule has 2 unspecified atom stereocenters. The lowest BCUT2D eigenvalue weighted by Gasteiger charge is -2.19. The molecule has 2 heterocycles. The van der Waals surface area contributed by atoms with Gasteiger partial charge in [-0.1, -0.05) is 30.3 Å². The van der Waals surface area contributed by atoms with E-state index in [1.54, 1.807) is 0 Å². The summed E-state index contributed by atoms with van der Waals surface area (Å²) in [6, 6.07) is 12.7. The molecule has 0 spiro atoms. The van der Waals surface area contributed by atoms with Crippen LogP contribution in [0.2, 0.25) is 0 Å². The number of rotatable bonds is 7. The molecule has 29 heavy (non-hydrogen) atoms. The first-order valence-corrected chi connectivity index (χ1v) is 9.66. The molecule has 7 heteroatoms. The van der Waals surface area contributed by atoms with E-state index in [-0.39, 0.29) is 11.8 Å². The summed E-state index contributed by atoms with van der Waals surface area (Å²) in [5, 5.41) is 7.25. The molecule has 0 aliphatic heterocycles. The van der Waals surface area contributed by atoms with Crippen molar-refractivity contribution >= 4 is 11.6 Å². The van der Waals surface area contributed by atoms with Crippen molar-refractivity contribution in [1.29, 1.82) is 0 Å². The molecular weight excluding hydrogens is 371 g/mol. The van der Waals surface area contributed by atoms with Crippen molar-refractivity contribution in [3.8, 4) is 5.75 Å². The molecule has 0 radical (unpaired) electrons. The van der Waals surface area contributed by atoms with Gasteiger partial charge in [0.05, 0.1) is 30.6 Å². The minimum Gasteiger partial charge on any atom is -0.489 e. The van der Waals surface area contributed by atoms with Crippen molar-refractivity contribution in [1.82, 2.24) is 14.8 Å². The third-order valence-corrected chi connectivity index (χ3v) is 5.45. The van der Waals surface area contributed by atoms with Gasteiger partial charge in [-0.15, -0.1) is 0 Å². The first-order valence-electron chi connectivity index (χ1n) is 9.66. The highest BCUT2D eigenvalue weighted by molar-refractivity contribution is 5.96. The highest BCUT2D eigenvalue weighted by atomic mass is 19.1. The fraction of sp³-hybridized carbons (Fsp3) is 0.318. The fourth-order valence-corrected chi connectivity index (χ4v) is 3.67. The van der Waals surface area contributed by atoms with Crippen LogP contribution in [0.1, 0.15) is 24.6 Å². The van der Waals surface area contributed by atoms with Gasteiger partial charge >= 0.3 is 0 Å². The third kappa shape index (κ3) is 3.85. The van der Waals surface area contributed by atoms with E-state index in [4.69, 9.17) is 4.74 Å². The minimum absolute atomic E-state index is 0.119. The zero-order chi connectivity index (χ0) is 20.4. The third-order valence-electron chi connectivity index (χ3n) is 5.45. The van der Waals surface area contributed by atoms with Crippen LogP contribution in [0.25, 0.3) is 0 Å². The Kier molecular flexibility index (Phi) is 5.05. The molecule has 6 nitrogen and oxygen atoms in total. The molecule has 1 aliphatic rings. The van der Waals surface area contributed by atoms with Crippen LogP contribution in [0.4, 0.5) is 10.1 Å². The topological polar surface area (TPSA) is 69.0 Å². The number of aryl methyl sites for hydroxylation is 2. The van der Waals surface area contributed by atoms with Crippen molar-refractivity contribution < 1.29 is 13.9 Å². The molecule has 0 saturated heterocycles. The number of hydrogen-bond donors (Lipinski definition) is 1. The van der Waals surface area contributed by atoms with E-state index < -0.39 is 11.4 Å². The monoisotopic (exact) mass is 394 g/mol. The van der Waals surface area contributed by atoms with Gasteiger partial charge in [0.1, 0.15) is 5.69 Å². The minimum atomic E-state index is -0.579. The van der Waals surface area contributed by atoms with Gasteiger partial charge in [0.15, 0.2) is 5.75 Å². The van der Waals surface area contributed by atoms with Gasteiger partial charge in [0.2, 0.25) is 11.9 Å². The van der Waals surface area contributed by atoms with Gasteiger partial charge in [-0.05, 0) is 38.0 Å². The second-order valence-corrected chi connectivity index (χ2v) is 7.36. The van der Waals surface area contributed by atoms with Crippen LogP contribution in [-0.4, -0.2) is 27.3 Å². The first-order chi connectivity index (χ1) is 14.0. The highest BCUT2D eigenvalue weighted by Gasteiger charge is 2.60. The van der Waals surface area contributed by atoms with E-state index in [1.807, 2.05) is 55.1 Å². The molecule has 1 fully saturated rings. The van der Waals surface area contributed by atoms with E-state index in [0.29, 0.717) is 18.7 Å². The van der Waals surface area contributed by atoms with Gasteiger partial charge in [0.25, 0.3) is 0 Å². The molecule has 1 saturated carbocycles. The number of pyridine rings is 1. The standard InChI is InChI=1S/C22H23FN4O2/c1-3-27-13-19(15(2)26-27)29-14-22(16-7-5-4-6-8-16)11-18(22)21(28)25-17-9-10-20(23)24-12-17/h4-10,12-13,18H,3,11,14H2,1-2H3,(H,25,28). The lowest BCUT2D eigenvalue weighted by Crippen LogP contribution is -2.26. The SMILES string of the molecule is CCn1cc(OCC2(c3ccccc3)CC2C(=O)Nc2ccc(F)nc2)c(C)n1. The number of amides is 1. The van der Waals surface area contributed by atoms with E-state index in [9.17, 15) is 9.18 Å². The molecule has 2 aromatic heterocycles. The summed E-state index contributed by atoms with van der Waals surface area (Å²) in [5.74, 6) is -0.205. The molecule has 2 atom stereocenters. The quantitative estimate of drug-likeness (QED) is 0.620. The maximum Gasteiger partial charge on any atom is 0.228 e. The largest absolute Gasteiger partial charge is 0.489 e. The summed E-state index contributed by atoms with van der Waals surface area (Å²) in [6.07, 6.45) is 3.88. The molecule has 0 bridgehead atoms. The van der Waals surface area contributed by atoms with E-state index >= 15 is 0 Å². The van der Waals surface area contributed by atoms with Crippen molar-refractivity contribution in [3.05, 3.63) is 72.1 Å². The number of hydrogen-bond acceptors (Lipinski definition) is 4.